The molecule has 1 unspecified atom stereocenters. The molecule has 0 spiro atoms. The maximum atomic E-state index is 13.6. The fourth-order valence-corrected chi connectivity index (χ4v) is 3.76. The first kappa shape index (κ1) is 24.1. The minimum Gasteiger partial charge on any atom is -0.497 e. The van der Waals surface area contributed by atoms with Gasteiger partial charge >= 0.3 is 0 Å². The SMILES string of the molecule is CCCNC(=O)C(Cc1ccccc1)N(Cc1cccc(OC)c1)C(=O)Cc1ccccc1. The minimum atomic E-state index is -0.624. The van der Waals surface area contributed by atoms with Crippen LogP contribution in [0, 0.1) is 0 Å². The summed E-state index contributed by atoms with van der Waals surface area (Å²) in [7, 11) is 1.62. The van der Waals surface area contributed by atoms with Gasteiger partial charge < -0.3 is 15.0 Å². The summed E-state index contributed by atoms with van der Waals surface area (Å²) >= 11 is 0. The van der Waals surface area contributed by atoms with Crippen LogP contribution in [0.3, 0.4) is 0 Å². The number of hydrogen-bond acceptors (Lipinski definition) is 3. The Balaban J connectivity index is 1.95. The fourth-order valence-electron chi connectivity index (χ4n) is 3.76. The van der Waals surface area contributed by atoms with Crippen LogP contribution in [0.2, 0.25) is 0 Å². The van der Waals surface area contributed by atoms with Crippen molar-refractivity contribution in [3.63, 3.8) is 0 Å². The number of hydrogen-bond donors (Lipinski definition) is 1. The van der Waals surface area contributed by atoms with E-state index in [0.29, 0.717) is 19.5 Å². The van der Waals surface area contributed by atoms with Crippen LogP contribution < -0.4 is 10.1 Å². The van der Waals surface area contributed by atoms with Crippen molar-refractivity contribution in [2.24, 2.45) is 0 Å². The van der Waals surface area contributed by atoms with Crippen LogP contribution in [-0.4, -0.2) is 36.4 Å². The van der Waals surface area contributed by atoms with Gasteiger partial charge in [-0.2, -0.15) is 0 Å². The Labute approximate surface area is 196 Å². The highest BCUT2D eigenvalue weighted by Gasteiger charge is 2.30. The van der Waals surface area contributed by atoms with E-state index in [4.69, 9.17) is 4.74 Å². The number of nitrogens with one attached hydrogen (secondary N) is 1. The van der Waals surface area contributed by atoms with Crippen molar-refractivity contribution in [1.29, 1.82) is 0 Å². The molecule has 0 bridgehead atoms. The van der Waals surface area contributed by atoms with Gasteiger partial charge in [-0.15, -0.1) is 0 Å². The first-order valence-electron chi connectivity index (χ1n) is 11.4. The number of rotatable bonds is 11. The topological polar surface area (TPSA) is 58.6 Å². The molecule has 0 aliphatic rings. The smallest absolute Gasteiger partial charge is 0.243 e. The summed E-state index contributed by atoms with van der Waals surface area (Å²) in [4.78, 5) is 28.6. The van der Waals surface area contributed by atoms with E-state index in [0.717, 1.165) is 28.9 Å². The van der Waals surface area contributed by atoms with E-state index in [1.165, 1.54) is 0 Å². The van der Waals surface area contributed by atoms with Gasteiger partial charge in [0.05, 0.1) is 13.5 Å². The Bertz CT molecular complexity index is 1020. The summed E-state index contributed by atoms with van der Waals surface area (Å²) in [5.41, 5.74) is 2.85. The Morgan fingerprint density at radius 3 is 2.15 bits per heavy atom. The number of amides is 2. The van der Waals surface area contributed by atoms with Crippen molar-refractivity contribution in [3.05, 3.63) is 102 Å². The number of carbonyl (C=O) groups excluding carboxylic acids is 2. The Morgan fingerprint density at radius 2 is 1.52 bits per heavy atom. The summed E-state index contributed by atoms with van der Waals surface area (Å²) in [5.74, 6) is 0.500. The first-order valence-corrected chi connectivity index (χ1v) is 11.4. The molecule has 5 heteroatoms. The Hall–Kier alpha value is -3.60. The quantitative estimate of drug-likeness (QED) is 0.477. The van der Waals surface area contributed by atoms with E-state index in [1.807, 2.05) is 91.9 Å². The van der Waals surface area contributed by atoms with E-state index in [2.05, 4.69) is 5.32 Å². The van der Waals surface area contributed by atoms with Crippen LogP contribution in [0.25, 0.3) is 0 Å². The number of ether oxygens (including phenoxy) is 1. The highest BCUT2D eigenvalue weighted by atomic mass is 16.5. The molecule has 3 aromatic carbocycles. The van der Waals surface area contributed by atoms with Crippen LogP contribution in [0.5, 0.6) is 5.75 Å². The zero-order valence-electron chi connectivity index (χ0n) is 19.4. The van der Waals surface area contributed by atoms with E-state index in [9.17, 15) is 9.59 Å². The molecule has 5 nitrogen and oxygen atoms in total. The van der Waals surface area contributed by atoms with Gasteiger partial charge in [-0.1, -0.05) is 79.7 Å². The third kappa shape index (κ3) is 7.21. The van der Waals surface area contributed by atoms with E-state index >= 15 is 0 Å². The van der Waals surface area contributed by atoms with Crippen molar-refractivity contribution in [2.45, 2.75) is 38.8 Å². The van der Waals surface area contributed by atoms with E-state index < -0.39 is 6.04 Å². The van der Waals surface area contributed by atoms with Gasteiger partial charge in [0.1, 0.15) is 11.8 Å². The van der Waals surface area contributed by atoms with Gasteiger partial charge in [-0.3, -0.25) is 9.59 Å². The number of benzene rings is 3. The van der Waals surface area contributed by atoms with Crippen molar-refractivity contribution < 1.29 is 14.3 Å². The van der Waals surface area contributed by atoms with Gasteiger partial charge in [-0.25, -0.2) is 0 Å². The van der Waals surface area contributed by atoms with Gasteiger partial charge in [0, 0.05) is 19.5 Å². The molecule has 1 atom stereocenters. The molecule has 0 radical (unpaired) electrons. The maximum Gasteiger partial charge on any atom is 0.243 e. The lowest BCUT2D eigenvalue weighted by molar-refractivity contribution is -0.140. The molecule has 0 saturated heterocycles. The van der Waals surface area contributed by atoms with Crippen LogP contribution >= 0.6 is 0 Å². The van der Waals surface area contributed by atoms with Crippen molar-refractivity contribution >= 4 is 11.8 Å². The molecule has 3 aromatic rings. The largest absolute Gasteiger partial charge is 0.497 e. The predicted molar refractivity (Wildman–Crippen MR) is 131 cm³/mol. The second-order valence-corrected chi connectivity index (χ2v) is 8.03. The maximum absolute atomic E-state index is 13.6. The molecule has 0 aliphatic heterocycles. The van der Waals surface area contributed by atoms with Crippen molar-refractivity contribution in [2.75, 3.05) is 13.7 Å². The zero-order chi connectivity index (χ0) is 23.5. The highest BCUT2D eigenvalue weighted by Crippen LogP contribution is 2.19. The lowest BCUT2D eigenvalue weighted by Gasteiger charge is -2.31. The molecule has 0 heterocycles. The lowest BCUT2D eigenvalue weighted by atomic mass is 10.0. The monoisotopic (exact) mass is 444 g/mol. The molecule has 0 saturated carbocycles. The number of methoxy groups -OCH3 is 1. The van der Waals surface area contributed by atoms with Crippen LogP contribution in [-0.2, 0) is 29.0 Å². The average Bonchev–Trinajstić information content (AvgIpc) is 2.86. The third-order valence-electron chi connectivity index (χ3n) is 5.51. The first-order chi connectivity index (χ1) is 16.1. The normalized spacial score (nSPS) is 11.5. The third-order valence-corrected chi connectivity index (χ3v) is 5.51. The summed E-state index contributed by atoms with van der Waals surface area (Å²) in [5, 5.41) is 3.00. The molecule has 33 heavy (non-hydrogen) atoms. The molecule has 0 aromatic heterocycles. The zero-order valence-corrected chi connectivity index (χ0v) is 19.4. The van der Waals surface area contributed by atoms with Crippen molar-refractivity contribution in [3.8, 4) is 5.75 Å². The standard InChI is InChI=1S/C28H32N2O3/c1-3-17-29-28(32)26(19-22-11-6-4-7-12-22)30(21-24-15-10-16-25(18-24)33-2)27(31)20-23-13-8-5-9-14-23/h4-16,18,26H,3,17,19-21H2,1-2H3,(H,29,32). The molecule has 2 amide bonds. The van der Waals surface area contributed by atoms with Gasteiger partial charge in [0.15, 0.2) is 0 Å². The molecule has 0 fully saturated rings. The van der Waals surface area contributed by atoms with E-state index in [-0.39, 0.29) is 18.2 Å². The second-order valence-electron chi connectivity index (χ2n) is 8.03. The van der Waals surface area contributed by atoms with Crippen molar-refractivity contribution in [1.82, 2.24) is 10.2 Å². The molecule has 3 rings (SSSR count). The Morgan fingerprint density at radius 1 is 0.879 bits per heavy atom. The molecule has 0 aliphatic carbocycles. The van der Waals surface area contributed by atoms with Gasteiger partial charge in [0.2, 0.25) is 11.8 Å². The van der Waals surface area contributed by atoms with Crippen LogP contribution in [0.1, 0.15) is 30.0 Å². The average molecular weight is 445 g/mol. The van der Waals surface area contributed by atoms with Gasteiger partial charge in [-0.05, 0) is 35.2 Å². The molecule has 172 valence electrons. The van der Waals surface area contributed by atoms with E-state index in [1.54, 1.807) is 12.0 Å². The summed E-state index contributed by atoms with van der Waals surface area (Å²) < 4.78 is 5.37. The van der Waals surface area contributed by atoms with Crippen LogP contribution in [0.15, 0.2) is 84.9 Å². The summed E-state index contributed by atoms with van der Waals surface area (Å²) in [6, 6.07) is 26.5. The fraction of sp³-hybridized carbons (Fsp3) is 0.286. The minimum absolute atomic E-state index is 0.0865. The highest BCUT2D eigenvalue weighted by molar-refractivity contribution is 5.88. The van der Waals surface area contributed by atoms with Crippen LogP contribution in [0.4, 0.5) is 0 Å². The summed E-state index contributed by atoms with van der Waals surface area (Å²) in [6.07, 6.45) is 1.51. The Kier molecular flexibility index (Phi) is 9.07. The molecular weight excluding hydrogens is 412 g/mol. The molecule has 1 N–H and O–H groups in total. The predicted octanol–water partition coefficient (Wildman–Crippen LogP) is 4.40. The van der Waals surface area contributed by atoms with Gasteiger partial charge in [0.25, 0.3) is 0 Å². The summed E-state index contributed by atoms with van der Waals surface area (Å²) in [6.45, 7) is 2.91. The molecular formula is C28H32N2O3. The lowest BCUT2D eigenvalue weighted by Crippen LogP contribution is -2.51. The number of carbonyl (C=O) groups is 2. The second kappa shape index (κ2) is 12.4. The number of nitrogens with zero attached hydrogens (tertiary/aromatic N) is 1.